The molecule has 0 aliphatic heterocycles. The quantitative estimate of drug-likeness (QED) is 0.308. The van der Waals surface area contributed by atoms with E-state index in [4.69, 9.17) is 0 Å². The molecular formula is C4H8N2S. The van der Waals surface area contributed by atoms with Crippen LogP contribution in [-0.4, -0.2) is 18.4 Å². The van der Waals surface area contributed by atoms with Gasteiger partial charge in [-0.25, -0.2) is 0 Å². The van der Waals surface area contributed by atoms with Crippen molar-refractivity contribution in [1.29, 1.82) is 0 Å². The van der Waals surface area contributed by atoms with Gasteiger partial charge in [0.05, 0.1) is 11.3 Å². The van der Waals surface area contributed by atoms with Gasteiger partial charge in [-0.15, -0.1) is 0 Å². The SMILES string of the molecule is CN=CNC(C)=S. The second-order valence-electron chi connectivity index (χ2n) is 1.09. The Hall–Kier alpha value is -0.440. The van der Waals surface area contributed by atoms with Crippen LogP contribution in [0.3, 0.4) is 0 Å². The molecule has 7 heavy (non-hydrogen) atoms. The highest BCUT2D eigenvalue weighted by atomic mass is 32.1. The molecule has 1 N–H and O–H groups in total. The molecule has 0 fully saturated rings. The van der Waals surface area contributed by atoms with Gasteiger partial charge in [0.1, 0.15) is 0 Å². The first-order chi connectivity index (χ1) is 3.27. The van der Waals surface area contributed by atoms with Crippen molar-refractivity contribution in [3.63, 3.8) is 0 Å². The lowest BCUT2D eigenvalue weighted by atomic mass is 10.8. The highest BCUT2D eigenvalue weighted by molar-refractivity contribution is 7.80. The van der Waals surface area contributed by atoms with Gasteiger partial charge in [-0.1, -0.05) is 12.2 Å². The monoisotopic (exact) mass is 116 g/mol. The van der Waals surface area contributed by atoms with E-state index < -0.39 is 0 Å². The summed E-state index contributed by atoms with van der Waals surface area (Å²) < 4.78 is 0. The van der Waals surface area contributed by atoms with Crippen LogP contribution in [0.2, 0.25) is 0 Å². The standard InChI is InChI=1S/C4H8N2S/c1-4(7)6-3-5-2/h3H,1-2H3,(H,5,6,7). The van der Waals surface area contributed by atoms with Crippen molar-refractivity contribution in [2.24, 2.45) is 4.99 Å². The molecule has 3 heteroatoms. The van der Waals surface area contributed by atoms with Gasteiger partial charge in [-0.05, 0) is 6.92 Å². The minimum Gasteiger partial charge on any atom is -0.341 e. The van der Waals surface area contributed by atoms with Crippen LogP contribution < -0.4 is 5.32 Å². The summed E-state index contributed by atoms with van der Waals surface area (Å²) in [5.41, 5.74) is 0. The Balaban J connectivity index is 3.14. The summed E-state index contributed by atoms with van der Waals surface area (Å²) in [6.45, 7) is 1.80. The van der Waals surface area contributed by atoms with Crippen molar-refractivity contribution in [2.45, 2.75) is 6.92 Å². The molecule has 0 aromatic carbocycles. The van der Waals surface area contributed by atoms with Gasteiger partial charge in [-0.2, -0.15) is 0 Å². The summed E-state index contributed by atoms with van der Waals surface area (Å²) in [5.74, 6) is 0. The molecule has 0 spiro atoms. The van der Waals surface area contributed by atoms with Crippen LogP contribution in [0.4, 0.5) is 0 Å². The zero-order valence-electron chi connectivity index (χ0n) is 4.43. The summed E-state index contributed by atoms with van der Waals surface area (Å²) in [7, 11) is 1.69. The van der Waals surface area contributed by atoms with E-state index in [2.05, 4.69) is 22.5 Å². The topological polar surface area (TPSA) is 24.4 Å². The van der Waals surface area contributed by atoms with Crippen LogP contribution in [0.25, 0.3) is 0 Å². The number of hydrogen-bond donors (Lipinski definition) is 1. The number of aliphatic imine (C=N–C) groups is 1. The molecular weight excluding hydrogens is 108 g/mol. The van der Waals surface area contributed by atoms with Crippen LogP contribution in [-0.2, 0) is 0 Å². The molecule has 0 aromatic heterocycles. The molecule has 0 unspecified atom stereocenters. The number of rotatable bonds is 1. The van der Waals surface area contributed by atoms with Crippen LogP contribution >= 0.6 is 12.2 Å². The Morgan fingerprint density at radius 3 is 2.57 bits per heavy atom. The Kier molecular flexibility index (Phi) is 3.50. The maximum atomic E-state index is 4.66. The first-order valence-electron chi connectivity index (χ1n) is 1.95. The Morgan fingerprint density at radius 2 is 2.43 bits per heavy atom. The van der Waals surface area contributed by atoms with Crippen LogP contribution in [0.15, 0.2) is 4.99 Å². The van der Waals surface area contributed by atoms with Crippen molar-refractivity contribution in [3.05, 3.63) is 0 Å². The molecule has 2 nitrogen and oxygen atoms in total. The normalized spacial score (nSPS) is 9.43. The molecule has 0 saturated carbocycles. The van der Waals surface area contributed by atoms with E-state index in [0.717, 1.165) is 4.99 Å². The fourth-order valence-electron chi connectivity index (χ4n) is 0.155. The van der Waals surface area contributed by atoms with Crippen LogP contribution in [0.1, 0.15) is 6.92 Å². The van der Waals surface area contributed by atoms with E-state index in [-0.39, 0.29) is 0 Å². The largest absolute Gasteiger partial charge is 0.341 e. The maximum Gasteiger partial charge on any atom is 0.0868 e. The second kappa shape index (κ2) is 3.74. The van der Waals surface area contributed by atoms with E-state index >= 15 is 0 Å². The average molecular weight is 116 g/mol. The van der Waals surface area contributed by atoms with Gasteiger partial charge in [0.25, 0.3) is 0 Å². The lowest BCUT2D eigenvalue weighted by molar-refractivity contribution is 1.36. The van der Waals surface area contributed by atoms with Gasteiger partial charge in [0.15, 0.2) is 0 Å². The molecule has 0 heterocycles. The predicted octanol–water partition coefficient (Wildman–Crippen LogP) is 0.581. The summed E-state index contributed by atoms with van der Waals surface area (Å²) in [5, 5.41) is 2.73. The number of thiocarbonyl (C=S) groups is 1. The van der Waals surface area contributed by atoms with Crippen molar-refractivity contribution in [3.8, 4) is 0 Å². The van der Waals surface area contributed by atoms with Crippen molar-refractivity contribution < 1.29 is 0 Å². The third-order valence-electron chi connectivity index (χ3n) is 0.397. The minimum absolute atomic E-state index is 0.741. The minimum atomic E-state index is 0.741. The van der Waals surface area contributed by atoms with Gasteiger partial charge >= 0.3 is 0 Å². The highest BCUT2D eigenvalue weighted by Gasteiger charge is 1.72. The molecule has 0 amide bonds. The van der Waals surface area contributed by atoms with E-state index in [1.165, 1.54) is 0 Å². The third kappa shape index (κ3) is 5.56. The Labute approximate surface area is 48.6 Å². The molecule has 0 radical (unpaired) electrons. The van der Waals surface area contributed by atoms with E-state index in [1.54, 1.807) is 20.3 Å². The van der Waals surface area contributed by atoms with Crippen LogP contribution in [0, 0.1) is 0 Å². The Bertz CT molecular complexity index is 87.7. The number of hydrogen-bond acceptors (Lipinski definition) is 2. The second-order valence-corrected chi connectivity index (χ2v) is 1.70. The van der Waals surface area contributed by atoms with Crippen molar-refractivity contribution in [2.75, 3.05) is 7.05 Å². The molecule has 0 aliphatic rings. The molecule has 0 atom stereocenters. The molecule has 0 aliphatic carbocycles. The zero-order chi connectivity index (χ0) is 5.70. The lowest BCUT2D eigenvalue weighted by Gasteiger charge is -1.88. The number of nitrogens with zero attached hydrogens (tertiary/aromatic N) is 1. The van der Waals surface area contributed by atoms with Gasteiger partial charge in [0, 0.05) is 7.05 Å². The van der Waals surface area contributed by atoms with Crippen molar-refractivity contribution in [1.82, 2.24) is 5.32 Å². The fourth-order valence-corrected chi connectivity index (χ4v) is 0.208. The van der Waals surface area contributed by atoms with Gasteiger partial charge in [-0.3, -0.25) is 4.99 Å². The summed E-state index contributed by atoms with van der Waals surface area (Å²) >= 11 is 4.66. The predicted molar refractivity (Wildman–Crippen MR) is 35.8 cm³/mol. The van der Waals surface area contributed by atoms with Crippen LogP contribution in [0.5, 0.6) is 0 Å². The van der Waals surface area contributed by atoms with E-state index in [9.17, 15) is 0 Å². The Morgan fingerprint density at radius 1 is 1.86 bits per heavy atom. The molecule has 40 valence electrons. The zero-order valence-corrected chi connectivity index (χ0v) is 5.25. The first kappa shape index (κ1) is 6.56. The number of nitrogens with one attached hydrogen (secondary N) is 1. The highest BCUT2D eigenvalue weighted by Crippen LogP contribution is 1.60. The van der Waals surface area contributed by atoms with E-state index in [0.29, 0.717) is 0 Å². The average Bonchev–Trinajstić information content (AvgIpc) is 1.61. The molecule has 0 bridgehead atoms. The maximum absolute atomic E-state index is 4.66. The summed E-state index contributed by atoms with van der Waals surface area (Å²) in [6, 6.07) is 0. The van der Waals surface area contributed by atoms with Gasteiger partial charge in [0.2, 0.25) is 0 Å². The fraction of sp³-hybridized carbons (Fsp3) is 0.500. The van der Waals surface area contributed by atoms with Gasteiger partial charge < -0.3 is 5.32 Å². The smallest absolute Gasteiger partial charge is 0.0868 e. The van der Waals surface area contributed by atoms with E-state index in [1.807, 2.05) is 0 Å². The summed E-state index contributed by atoms with van der Waals surface area (Å²) in [6.07, 6.45) is 1.56. The first-order valence-corrected chi connectivity index (χ1v) is 2.36. The molecule has 0 saturated heterocycles. The summed E-state index contributed by atoms with van der Waals surface area (Å²) in [4.78, 5) is 4.39. The van der Waals surface area contributed by atoms with Crippen molar-refractivity contribution >= 4 is 23.5 Å². The lowest BCUT2D eigenvalue weighted by Crippen LogP contribution is -2.14. The third-order valence-corrected chi connectivity index (χ3v) is 0.515. The molecule has 0 aromatic rings. The molecule has 0 rings (SSSR count).